The predicted molar refractivity (Wildman–Crippen MR) is 88.5 cm³/mol. The fourth-order valence-corrected chi connectivity index (χ4v) is 2.99. The molecule has 0 aliphatic carbocycles. The van der Waals surface area contributed by atoms with E-state index in [9.17, 15) is 4.79 Å². The maximum Gasteiger partial charge on any atom is 0.254 e. The van der Waals surface area contributed by atoms with Crippen molar-refractivity contribution >= 4 is 39.1 Å². The summed E-state index contributed by atoms with van der Waals surface area (Å²) in [6, 6.07) is 11.2. The molecule has 3 rings (SSSR count). The Morgan fingerprint density at radius 1 is 1.19 bits per heavy atom. The normalized spacial score (nSPS) is 13.9. The minimum atomic E-state index is -0.00234. The van der Waals surface area contributed by atoms with Gasteiger partial charge in [-0.3, -0.25) is 4.79 Å². The number of benzene rings is 2. The molecule has 1 amide bonds. The third kappa shape index (κ3) is 2.92. The molecule has 21 heavy (non-hydrogen) atoms. The fourth-order valence-electron chi connectivity index (χ4n) is 2.56. The van der Waals surface area contributed by atoms with Gasteiger partial charge in [-0.15, -0.1) is 0 Å². The zero-order chi connectivity index (χ0) is 15.0. The van der Waals surface area contributed by atoms with Crippen LogP contribution in [0.5, 0.6) is 0 Å². The summed E-state index contributed by atoms with van der Waals surface area (Å²) < 4.78 is 0.789. The first kappa shape index (κ1) is 14.4. The number of carbonyl (C=O) groups is 1. The van der Waals surface area contributed by atoms with Crippen molar-refractivity contribution in [1.29, 1.82) is 0 Å². The van der Waals surface area contributed by atoms with E-state index >= 15 is 0 Å². The van der Waals surface area contributed by atoms with Gasteiger partial charge in [-0.1, -0.05) is 17.7 Å². The van der Waals surface area contributed by atoms with E-state index in [1.54, 1.807) is 18.2 Å². The summed E-state index contributed by atoms with van der Waals surface area (Å²) in [6.07, 6.45) is 0.853. The predicted octanol–water partition coefficient (Wildman–Crippen LogP) is 3.88. The lowest BCUT2D eigenvalue weighted by atomic mass is 9.98. The number of nitrogens with two attached hydrogens (primary N) is 1. The van der Waals surface area contributed by atoms with Gasteiger partial charge in [0.2, 0.25) is 0 Å². The lowest BCUT2D eigenvalue weighted by molar-refractivity contribution is 0.0734. The second-order valence-corrected chi connectivity index (χ2v) is 6.40. The molecule has 108 valence electrons. The minimum Gasteiger partial charge on any atom is -0.399 e. The molecule has 1 aliphatic heterocycles. The Labute approximate surface area is 136 Å². The second kappa shape index (κ2) is 5.70. The molecule has 0 bridgehead atoms. The molecule has 0 fully saturated rings. The van der Waals surface area contributed by atoms with Crippen molar-refractivity contribution in [2.45, 2.75) is 13.0 Å². The number of hydrogen-bond donors (Lipinski definition) is 1. The van der Waals surface area contributed by atoms with Crippen molar-refractivity contribution in [1.82, 2.24) is 4.90 Å². The number of nitrogen functional groups attached to an aromatic ring is 1. The number of amides is 1. The highest BCUT2D eigenvalue weighted by molar-refractivity contribution is 9.10. The molecular formula is C16H14BrClN2O. The van der Waals surface area contributed by atoms with Crippen molar-refractivity contribution in [3.8, 4) is 0 Å². The number of fused-ring (bicyclic) bond motifs is 1. The third-order valence-corrected chi connectivity index (χ3v) is 4.93. The van der Waals surface area contributed by atoms with Crippen molar-refractivity contribution in [3.63, 3.8) is 0 Å². The van der Waals surface area contributed by atoms with Gasteiger partial charge in [-0.25, -0.2) is 0 Å². The number of rotatable bonds is 1. The molecule has 0 saturated heterocycles. The maximum atomic E-state index is 12.6. The highest BCUT2D eigenvalue weighted by Gasteiger charge is 2.22. The Morgan fingerprint density at radius 2 is 2.00 bits per heavy atom. The Bertz CT molecular complexity index is 717. The summed E-state index contributed by atoms with van der Waals surface area (Å²) in [4.78, 5) is 14.4. The Kier molecular flexibility index (Phi) is 3.91. The average Bonchev–Trinajstić information content (AvgIpc) is 2.48. The van der Waals surface area contributed by atoms with Gasteiger partial charge in [-0.2, -0.15) is 0 Å². The van der Waals surface area contributed by atoms with E-state index in [1.807, 2.05) is 23.1 Å². The largest absolute Gasteiger partial charge is 0.399 e. The van der Waals surface area contributed by atoms with E-state index in [2.05, 4.69) is 15.9 Å². The molecule has 1 heterocycles. The minimum absolute atomic E-state index is 0.00234. The molecule has 2 aromatic rings. The quantitative estimate of drug-likeness (QED) is 0.780. The number of anilines is 1. The maximum absolute atomic E-state index is 12.6. The number of carbonyl (C=O) groups excluding carboxylic acids is 1. The van der Waals surface area contributed by atoms with Crippen LogP contribution < -0.4 is 5.73 Å². The Morgan fingerprint density at radius 3 is 2.76 bits per heavy atom. The van der Waals surface area contributed by atoms with E-state index in [1.165, 1.54) is 5.56 Å². The van der Waals surface area contributed by atoms with Crippen LogP contribution in [0.25, 0.3) is 0 Å². The first-order valence-corrected chi connectivity index (χ1v) is 7.83. The van der Waals surface area contributed by atoms with E-state index in [0.29, 0.717) is 23.7 Å². The summed E-state index contributed by atoms with van der Waals surface area (Å²) in [5.41, 5.74) is 9.55. The summed E-state index contributed by atoms with van der Waals surface area (Å²) in [5.74, 6) is -0.00234. The standard InChI is InChI=1S/C16H14BrClN2O/c17-14-4-2-11(8-15(14)18)16(21)20-6-5-10-1-3-13(19)7-12(10)9-20/h1-4,7-8H,5-6,9,19H2. The third-order valence-electron chi connectivity index (χ3n) is 3.70. The van der Waals surface area contributed by atoms with Crippen LogP contribution in [-0.2, 0) is 13.0 Å². The average molecular weight is 366 g/mol. The van der Waals surface area contributed by atoms with Gasteiger partial charge in [-0.05, 0) is 63.8 Å². The topological polar surface area (TPSA) is 46.3 Å². The van der Waals surface area contributed by atoms with Crippen LogP contribution in [0.1, 0.15) is 21.5 Å². The number of halogens is 2. The smallest absolute Gasteiger partial charge is 0.254 e. The molecule has 0 saturated carbocycles. The molecule has 2 aromatic carbocycles. The van der Waals surface area contributed by atoms with Crippen LogP contribution in [0.3, 0.4) is 0 Å². The Hall–Kier alpha value is -1.52. The second-order valence-electron chi connectivity index (χ2n) is 5.13. The highest BCUT2D eigenvalue weighted by atomic mass is 79.9. The van der Waals surface area contributed by atoms with Gasteiger partial charge in [0, 0.05) is 28.8 Å². The zero-order valence-electron chi connectivity index (χ0n) is 11.3. The molecule has 0 spiro atoms. The van der Waals surface area contributed by atoms with Crippen LogP contribution in [-0.4, -0.2) is 17.4 Å². The monoisotopic (exact) mass is 364 g/mol. The highest BCUT2D eigenvalue weighted by Crippen LogP contribution is 2.26. The van der Waals surface area contributed by atoms with Crippen molar-refractivity contribution < 1.29 is 4.79 Å². The summed E-state index contributed by atoms with van der Waals surface area (Å²) in [6.45, 7) is 1.30. The molecule has 1 aliphatic rings. The van der Waals surface area contributed by atoms with Gasteiger partial charge in [0.1, 0.15) is 0 Å². The van der Waals surface area contributed by atoms with Gasteiger partial charge in [0.15, 0.2) is 0 Å². The van der Waals surface area contributed by atoms with Gasteiger partial charge < -0.3 is 10.6 Å². The molecule has 0 aromatic heterocycles. The van der Waals surface area contributed by atoms with Gasteiger partial charge in [0.05, 0.1) is 5.02 Å². The van der Waals surface area contributed by atoms with Gasteiger partial charge in [0.25, 0.3) is 5.91 Å². The van der Waals surface area contributed by atoms with E-state index in [4.69, 9.17) is 17.3 Å². The van der Waals surface area contributed by atoms with E-state index in [0.717, 1.165) is 22.1 Å². The zero-order valence-corrected chi connectivity index (χ0v) is 13.6. The molecule has 5 heteroatoms. The molecule has 3 nitrogen and oxygen atoms in total. The summed E-state index contributed by atoms with van der Waals surface area (Å²) >= 11 is 9.40. The molecular weight excluding hydrogens is 352 g/mol. The van der Waals surface area contributed by atoms with Crippen LogP contribution in [0.15, 0.2) is 40.9 Å². The molecule has 2 N–H and O–H groups in total. The summed E-state index contributed by atoms with van der Waals surface area (Å²) in [7, 11) is 0. The van der Waals surface area contributed by atoms with Gasteiger partial charge >= 0.3 is 0 Å². The van der Waals surface area contributed by atoms with Crippen molar-refractivity contribution in [2.75, 3.05) is 12.3 Å². The van der Waals surface area contributed by atoms with Crippen LogP contribution in [0.4, 0.5) is 5.69 Å². The van der Waals surface area contributed by atoms with E-state index < -0.39 is 0 Å². The van der Waals surface area contributed by atoms with Crippen molar-refractivity contribution in [3.05, 3.63) is 62.6 Å². The molecule has 0 unspecified atom stereocenters. The lowest BCUT2D eigenvalue weighted by Gasteiger charge is -2.29. The number of hydrogen-bond acceptors (Lipinski definition) is 2. The fraction of sp³-hybridized carbons (Fsp3) is 0.188. The van der Waals surface area contributed by atoms with E-state index in [-0.39, 0.29) is 5.91 Å². The first-order valence-electron chi connectivity index (χ1n) is 6.66. The SMILES string of the molecule is Nc1ccc2c(c1)CN(C(=O)c1ccc(Br)c(Cl)c1)CC2. The Balaban J connectivity index is 1.85. The van der Waals surface area contributed by atoms with Crippen molar-refractivity contribution in [2.24, 2.45) is 0 Å². The lowest BCUT2D eigenvalue weighted by Crippen LogP contribution is -2.36. The molecule has 0 radical (unpaired) electrons. The van der Waals surface area contributed by atoms with Crippen LogP contribution >= 0.6 is 27.5 Å². The van der Waals surface area contributed by atoms with Crippen LogP contribution in [0.2, 0.25) is 5.02 Å². The number of nitrogens with zero attached hydrogens (tertiary/aromatic N) is 1. The van der Waals surface area contributed by atoms with Crippen LogP contribution in [0, 0.1) is 0 Å². The summed E-state index contributed by atoms with van der Waals surface area (Å²) in [5, 5.41) is 0.544. The first-order chi connectivity index (χ1) is 10.0. The molecule has 0 atom stereocenters.